The van der Waals surface area contributed by atoms with Gasteiger partial charge in [-0.1, -0.05) is 29.3 Å². The third-order valence-electron chi connectivity index (χ3n) is 4.53. The van der Waals surface area contributed by atoms with E-state index in [1.165, 1.54) is 12.4 Å². The first-order valence-corrected chi connectivity index (χ1v) is 8.91. The van der Waals surface area contributed by atoms with E-state index in [2.05, 4.69) is 25.5 Å². The molecule has 27 heavy (non-hydrogen) atoms. The first kappa shape index (κ1) is 18.1. The summed E-state index contributed by atoms with van der Waals surface area (Å²) in [7, 11) is 0. The molecule has 0 radical (unpaired) electrons. The highest BCUT2D eigenvalue weighted by molar-refractivity contribution is 6.36. The van der Waals surface area contributed by atoms with Crippen LogP contribution in [0.5, 0.6) is 0 Å². The molecule has 10 heteroatoms. The van der Waals surface area contributed by atoms with Gasteiger partial charge in [-0.3, -0.25) is 0 Å². The number of hydrogen-bond donors (Lipinski definition) is 1. The number of alkyl halides is 2. The molecule has 3 aromatic rings. The first-order chi connectivity index (χ1) is 13.0. The Morgan fingerprint density at radius 2 is 1.74 bits per heavy atom. The largest absolute Gasteiger partial charge is 0.415 e. The van der Waals surface area contributed by atoms with E-state index in [9.17, 15) is 8.78 Å². The Morgan fingerprint density at radius 1 is 1.07 bits per heavy atom. The predicted molar refractivity (Wildman–Crippen MR) is 95.9 cm³/mol. The van der Waals surface area contributed by atoms with Gasteiger partial charge in [0.05, 0.1) is 11.1 Å². The van der Waals surface area contributed by atoms with E-state index in [1.54, 1.807) is 18.2 Å². The van der Waals surface area contributed by atoms with Crippen LogP contribution in [0, 0.1) is 0 Å². The summed E-state index contributed by atoms with van der Waals surface area (Å²) in [5, 5.41) is 11.3. The molecule has 0 bridgehead atoms. The van der Waals surface area contributed by atoms with Crippen molar-refractivity contribution < 1.29 is 13.2 Å². The number of halogens is 4. The van der Waals surface area contributed by atoms with Crippen LogP contribution in [0.2, 0.25) is 10.0 Å². The monoisotopic (exact) mass is 411 g/mol. The molecule has 6 nitrogen and oxygen atoms in total. The van der Waals surface area contributed by atoms with E-state index in [1.807, 2.05) is 0 Å². The maximum absolute atomic E-state index is 12.6. The third kappa shape index (κ3) is 3.35. The molecule has 0 spiro atoms. The van der Waals surface area contributed by atoms with Crippen LogP contribution >= 0.6 is 23.2 Å². The zero-order valence-electron chi connectivity index (χ0n) is 13.8. The minimum absolute atomic E-state index is 0.0654. The fourth-order valence-electron chi connectivity index (χ4n) is 3.08. The zero-order valence-corrected chi connectivity index (χ0v) is 15.3. The van der Waals surface area contributed by atoms with Gasteiger partial charge in [-0.15, -0.1) is 10.2 Å². The highest BCUT2D eigenvalue weighted by Crippen LogP contribution is 2.48. The van der Waals surface area contributed by atoms with Gasteiger partial charge >= 0.3 is 6.43 Å². The Bertz CT molecular complexity index is 940. The van der Waals surface area contributed by atoms with Gasteiger partial charge in [0, 0.05) is 28.0 Å². The second kappa shape index (κ2) is 7.01. The van der Waals surface area contributed by atoms with Crippen molar-refractivity contribution >= 4 is 29.2 Å². The summed E-state index contributed by atoms with van der Waals surface area (Å²) in [4.78, 5) is 8.47. The quantitative estimate of drug-likeness (QED) is 0.616. The lowest BCUT2D eigenvalue weighted by Gasteiger charge is -2.44. The van der Waals surface area contributed by atoms with Crippen molar-refractivity contribution in [3.8, 4) is 11.5 Å². The van der Waals surface area contributed by atoms with Gasteiger partial charge in [-0.2, -0.15) is 8.78 Å². The number of nitrogens with zero attached hydrogens (tertiary/aromatic N) is 4. The van der Waals surface area contributed by atoms with Crippen molar-refractivity contribution in [1.82, 2.24) is 20.2 Å². The zero-order chi connectivity index (χ0) is 19.0. The molecule has 2 heterocycles. The van der Waals surface area contributed by atoms with Gasteiger partial charge in [-0.05, 0) is 31.4 Å². The van der Waals surface area contributed by atoms with Crippen LogP contribution in [0.3, 0.4) is 0 Å². The summed E-state index contributed by atoms with van der Waals surface area (Å²) < 4.78 is 30.0. The van der Waals surface area contributed by atoms with Crippen molar-refractivity contribution in [3.05, 3.63) is 52.1 Å². The van der Waals surface area contributed by atoms with Gasteiger partial charge in [0.25, 0.3) is 11.8 Å². The van der Waals surface area contributed by atoms with Crippen LogP contribution in [-0.4, -0.2) is 20.2 Å². The number of nitrogens with one attached hydrogen (secondary N) is 1. The van der Waals surface area contributed by atoms with Crippen LogP contribution in [-0.2, 0) is 5.54 Å². The molecule has 4 rings (SSSR count). The number of anilines is 1. The van der Waals surface area contributed by atoms with Gasteiger partial charge in [0.1, 0.15) is 0 Å². The Morgan fingerprint density at radius 3 is 2.26 bits per heavy atom. The summed E-state index contributed by atoms with van der Waals surface area (Å²) in [6.07, 6.45) is 2.72. The van der Waals surface area contributed by atoms with Gasteiger partial charge in [0.15, 0.2) is 0 Å². The fourth-order valence-corrected chi connectivity index (χ4v) is 3.84. The highest BCUT2D eigenvalue weighted by atomic mass is 35.5. The summed E-state index contributed by atoms with van der Waals surface area (Å²) in [5.41, 5.74) is 0.730. The summed E-state index contributed by atoms with van der Waals surface area (Å²) in [5.74, 6) is -0.443. The Kier molecular flexibility index (Phi) is 4.69. The molecule has 0 saturated heterocycles. The smallest absolute Gasteiger partial charge is 0.314 e. The lowest BCUT2D eigenvalue weighted by atomic mass is 9.72. The van der Waals surface area contributed by atoms with Crippen LogP contribution < -0.4 is 5.32 Å². The summed E-state index contributed by atoms with van der Waals surface area (Å²) in [6, 6.07) is 5.39. The lowest BCUT2D eigenvalue weighted by Crippen LogP contribution is -2.43. The van der Waals surface area contributed by atoms with Crippen LogP contribution in [0.4, 0.5) is 14.7 Å². The van der Waals surface area contributed by atoms with Crippen molar-refractivity contribution in [2.75, 3.05) is 5.32 Å². The van der Waals surface area contributed by atoms with Crippen molar-refractivity contribution in [2.24, 2.45) is 0 Å². The van der Waals surface area contributed by atoms with Crippen LogP contribution in [0.1, 0.15) is 37.1 Å². The van der Waals surface area contributed by atoms with Gasteiger partial charge in [0.2, 0.25) is 5.95 Å². The molecule has 1 saturated carbocycles. The van der Waals surface area contributed by atoms with Crippen molar-refractivity contribution in [3.63, 3.8) is 0 Å². The number of rotatable bonds is 5. The molecule has 0 amide bonds. The Hall–Kier alpha value is -2.32. The van der Waals surface area contributed by atoms with E-state index >= 15 is 0 Å². The number of aromatic nitrogens is 4. The van der Waals surface area contributed by atoms with E-state index in [-0.39, 0.29) is 5.89 Å². The molecule has 1 N–H and O–H groups in total. The lowest BCUT2D eigenvalue weighted by molar-refractivity contribution is 0.116. The summed E-state index contributed by atoms with van der Waals surface area (Å²) >= 11 is 12.7. The average molecular weight is 412 g/mol. The second-order valence-electron chi connectivity index (χ2n) is 6.20. The maximum atomic E-state index is 12.6. The molecule has 140 valence electrons. The van der Waals surface area contributed by atoms with Crippen LogP contribution in [0.25, 0.3) is 11.5 Å². The number of benzene rings is 1. The third-order valence-corrected chi connectivity index (χ3v) is 5.16. The molecule has 0 unspecified atom stereocenters. The predicted octanol–water partition coefficient (Wildman–Crippen LogP) is 5.26. The minimum Gasteiger partial charge on any atom is -0.415 e. The van der Waals surface area contributed by atoms with Gasteiger partial charge < -0.3 is 9.73 Å². The maximum Gasteiger partial charge on any atom is 0.314 e. The molecule has 1 aliphatic rings. The molecule has 1 fully saturated rings. The fraction of sp³-hybridized carbons (Fsp3) is 0.294. The molecule has 0 aliphatic heterocycles. The molecule has 2 aromatic heterocycles. The minimum atomic E-state index is -2.83. The normalized spacial score (nSPS) is 15.6. The van der Waals surface area contributed by atoms with E-state index in [0.717, 1.165) is 24.8 Å². The highest BCUT2D eigenvalue weighted by Gasteiger charge is 2.42. The number of hydrogen-bond acceptors (Lipinski definition) is 6. The second-order valence-corrected chi connectivity index (χ2v) is 7.01. The summed E-state index contributed by atoms with van der Waals surface area (Å²) in [6.45, 7) is 0. The van der Waals surface area contributed by atoms with E-state index in [0.29, 0.717) is 21.6 Å². The topological polar surface area (TPSA) is 76.7 Å². The molecule has 1 aliphatic carbocycles. The van der Waals surface area contributed by atoms with Crippen LogP contribution in [0.15, 0.2) is 35.0 Å². The molecule has 1 aromatic carbocycles. The first-order valence-electron chi connectivity index (χ1n) is 8.15. The van der Waals surface area contributed by atoms with E-state index < -0.39 is 17.9 Å². The molecular weight excluding hydrogens is 399 g/mol. The van der Waals surface area contributed by atoms with Crippen molar-refractivity contribution in [2.45, 2.75) is 31.2 Å². The standard InChI is InChI=1S/C17H13Cl2F2N5O/c18-10-3-1-4-11(19)12(10)17(5-2-6-17)24-16-22-7-9(8-23-16)14-25-26-15(27-14)13(20)21/h1,3-4,7-8,13H,2,5-6H2,(H,22,23,24). The Labute approximate surface area is 162 Å². The Balaban J connectivity index is 1.59. The van der Waals surface area contributed by atoms with Crippen molar-refractivity contribution in [1.29, 1.82) is 0 Å². The van der Waals surface area contributed by atoms with E-state index in [4.69, 9.17) is 27.6 Å². The molecular formula is C17H13Cl2F2N5O. The average Bonchev–Trinajstić information content (AvgIpc) is 3.10. The molecule has 0 atom stereocenters. The van der Waals surface area contributed by atoms with Gasteiger partial charge in [-0.25, -0.2) is 9.97 Å². The SMILES string of the molecule is FC(F)c1nnc(-c2cnc(NC3(c4c(Cl)cccc4Cl)CCC3)nc2)o1.